The van der Waals surface area contributed by atoms with Gasteiger partial charge < -0.3 is 20.1 Å². The molecule has 9 heteroatoms. The lowest BCUT2D eigenvalue weighted by molar-refractivity contribution is 0.240. The Morgan fingerprint density at radius 3 is 2.68 bits per heavy atom. The number of hydrogen-bond donors (Lipinski definition) is 2. The van der Waals surface area contributed by atoms with Crippen molar-refractivity contribution < 1.29 is 14.3 Å². The Kier molecular flexibility index (Phi) is 6.40. The van der Waals surface area contributed by atoms with Gasteiger partial charge in [-0.25, -0.2) is 4.79 Å². The van der Waals surface area contributed by atoms with E-state index in [-0.39, 0.29) is 6.03 Å². The zero-order chi connectivity index (χ0) is 19.8. The first-order valence-corrected chi connectivity index (χ1v) is 8.72. The normalized spacial score (nSPS) is 10.4. The van der Waals surface area contributed by atoms with E-state index < -0.39 is 0 Å². The largest absolute Gasteiger partial charge is 0.493 e. The number of aromatic nitrogens is 4. The standard InChI is InChI=1S/C19H22N6O3/c1-27-17-4-3-14(11-18(17)28-2)12-23-19(26)22-8-10-25-9-5-15(24-25)16-13-20-6-7-21-16/h3-7,9,11,13H,8,10,12H2,1-2H3,(H2,22,23,26). The number of carbonyl (C=O) groups excluding carboxylic acids is 1. The van der Waals surface area contributed by atoms with Crippen LogP contribution in [0.3, 0.4) is 0 Å². The van der Waals surface area contributed by atoms with Crippen LogP contribution >= 0.6 is 0 Å². The third-order valence-corrected chi connectivity index (χ3v) is 3.99. The molecule has 0 aliphatic heterocycles. The van der Waals surface area contributed by atoms with E-state index in [0.717, 1.165) is 11.3 Å². The van der Waals surface area contributed by atoms with Gasteiger partial charge in [-0.2, -0.15) is 5.10 Å². The quantitative estimate of drug-likeness (QED) is 0.616. The minimum Gasteiger partial charge on any atom is -0.493 e. The molecular weight excluding hydrogens is 360 g/mol. The van der Waals surface area contributed by atoms with Crippen LogP contribution in [0.4, 0.5) is 4.79 Å². The number of urea groups is 1. The second kappa shape index (κ2) is 9.36. The van der Waals surface area contributed by atoms with Crippen LogP contribution in [0.5, 0.6) is 11.5 Å². The van der Waals surface area contributed by atoms with Gasteiger partial charge in [0.15, 0.2) is 11.5 Å². The zero-order valence-electron chi connectivity index (χ0n) is 15.8. The lowest BCUT2D eigenvalue weighted by Crippen LogP contribution is -2.36. The fraction of sp³-hybridized carbons (Fsp3) is 0.263. The van der Waals surface area contributed by atoms with Crippen molar-refractivity contribution in [1.29, 1.82) is 0 Å². The van der Waals surface area contributed by atoms with Gasteiger partial charge in [0.2, 0.25) is 0 Å². The smallest absolute Gasteiger partial charge is 0.315 e. The molecule has 0 fully saturated rings. The molecule has 0 bridgehead atoms. The lowest BCUT2D eigenvalue weighted by Gasteiger charge is -2.11. The molecule has 28 heavy (non-hydrogen) atoms. The maximum atomic E-state index is 12.0. The highest BCUT2D eigenvalue weighted by Crippen LogP contribution is 2.27. The van der Waals surface area contributed by atoms with E-state index in [4.69, 9.17) is 9.47 Å². The molecule has 2 aromatic heterocycles. The summed E-state index contributed by atoms with van der Waals surface area (Å²) in [6.45, 7) is 1.37. The zero-order valence-corrected chi connectivity index (χ0v) is 15.8. The van der Waals surface area contributed by atoms with E-state index in [1.807, 2.05) is 24.4 Å². The van der Waals surface area contributed by atoms with Crippen LogP contribution in [0.1, 0.15) is 5.56 Å². The highest BCUT2D eigenvalue weighted by atomic mass is 16.5. The Labute approximate surface area is 162 Å². The fourth-order valence-electron chi connectivity index (χ4n) is 2.57. The number of hydrogen-bond acceptors (Lipinski definition) is 6. The molecule has 0 radical (unpaired) electrons. The van der Waals surface area contributed by atoms with Gasteiger partial charge in [0.1, 0.15) is 11.4 Å². The molecule has 0 unspecified atom stereocenters. The van der Waals surface area contributed by atoms with Crippen LogP contribution in [0.15, 0.2) is 49.1 Å². The van der Waals surface area contributed by atoms with Crippen molar-refractivity contribution >= 4 is 6.03 Å². The molecule has 3 rings (SSSR count). The molecule has 2 amide bonds. The van der Waals surface area contributed by atoms with Gasteiger partial charge in [0.05, 0.1) is 27.0 Å². The highest BCUT2D eigenvalue weighted by molar-refractivity contribution is 5.73. The molecule has 9 nitrogen and oxygen atoms in total. The summed E-state index contributed by atoms with van der Waals surface area (Å²) in [6, 6.07) is 7.12. The molecule has 0 atom stereocenters. The van der Waals surface area contributed by atoms with Crippen LogP contribution in [-0.2, 0) is 13.1 Å². The number of carbonyl (C=O) groups is 1. The van der Waals surface area contributed by atoms with Gasteiger partial charge in [0, 0.05) is 31.7 Å². The Bertz CT molecular complexity index is 913. The number of methoxy groups -OCH3 is 2. The molecule has 0 spiro atoms. The fourth-order valence-corrected chi connectivity index (χ4v) is 2.57. The van der Waals surface area contributed by atoms with Crippen molar-refractivity contribution in [2.75, 3.05) is 20.8 Å². The predicted octanol–water partition coefficient (Wildman–Crippen LogP) is 1.86. The predicted molar refractivity (Wildman–Crippen MR) is 103 cm³/mol. The molecule has 146 valence electrons. The minimum atomic E-state index is -0.254. The topological polar surface area (TPSA) is 103 Å². The number of nitrogens with zero attached hydrogens (tertiary/aromatic N) is 4. The maximum absolute atomic E-state index is 12.0. The number of nitrogens with one attached hydrogen (secondary N) is 2. The lowest BCUT2D eigenvalue weighted by atomic mass is 10.2. The number of benzene rings is 1. The molecule has 0 saturated carbocycles. The number of rotatable bonds is 8. The minimum absolute atomic E-state index is 0.254. The van der Waals surface area contributed by atoms with Crippen LogP contribution < -0.4 is 20.1 Å². The molecule has 0 saturated heterocycles. The molecule has 2 heterocycles. The summed E-state index contributed by atoms with van der Waals surface area (Å²) >= 11 is 0. The molecular formula is C19H22N6O3. The monoisotopic (exact) mass is 382 g/mol. The molecule has 3 aromatic rings. The van der Waals surface area contributed by atoms with Crippen LogP contribution in [0.2, 0.25) is 0 Å². The summed E-state index contributed by atoms with van der Waals surface area (Å²) in [7, 11) is 3.16. The van der Waals surface area contributed by atoms with Crippen LogP contribution in [-0.4, -0.2) is 46.5 Å². The summed E-state index contributed by atoms with van der Waals surface area (Å²) in [5, 5.41) is 10.0. The van der Waals surface area contributed by atoms with Crippen LogP contribution in [0, 0.1) is 0 Å². The van der Waals surface area contributed by atoms with Gasteiger partial charge >= 0.3 is 6.03 Å². The van der Waals surface area contributed by atoms with Crippen molar-refractivity contribution in [3.63, 3.8) is 0 Å². The molecule has 2 N–H and O–H groups in total. The second-order valence-corrected chi connectivity index (χ2v) is 5.85. The van der Waals surface area contributed by atoms with Crippen molar-refractivity contribution in [2.24, 2.45) is 0 Å². The van der Waals surface area contributed by atoms with Crippen LogP contribution in [0.25, 0.3) is 11.4 Å². The molecule has 0 aliphatic rings. The van der Waals surface area contributed by atoms with E-state index in [0.29, 0.717) is 36.8 Å². The van der Waals surface area contributed by atoms with Crippen molar-refractivity contribution in [3.8, 4) is 22.9 Å². The first-order valence-electron chi connectivity index (χ1n) is 8.72. The average molecular weight is 382 g/mol. The number of ether oxygens (including phenoxy) is 2. The first-order chi connectivity index (χ1) is 13.7. The van der Waals surface area contributed by atoms with Gasteiger partial charge in [-0.05, 0) is 23.8 Å². The Morgan fingerprint density at radius 1 is 1.07 bits per heavy atom. The van der Waals surface area contributed by atoms with Crippen molar-refractivity contribution in [1.82, 2.24) is 30.4 Å². The summed E-state index contributed by atoms with van der Waals surface area (Å²) in [5.74, 6) is 1.27. The summed E-state index contributed by atoms with van der Waals surface area (Å²) in [6.07, 6.45) is 6.74. The van der Waals surface area contributed by atoms with Gasteiger partial charge in [-0.1, -0.05) is 6.07 Å². The third-order valence-electron chi connectivity index (χ3n) is 3.99. The third kappa shape index (κ3) is 4.97. The van der Waals surface area contributed by atoms with E-state index in [1.54, 1.807) is 43.6 Å². The molecule has 1 aromatic carbocycles. The Hall–Kier alpha value is -3.62. The Morgan fingerprint density at radius 2 is 1.93 bits per heavy atom. The summed E-state index contributed by atoms with van der Waals surface area (Å²) < 4.78 is 12.2. The van der Waals surface area contributed by atoms with Crippen molar-refractivity contribution in [3.05, 3.63) is 54.6 Å². The van der Waals surface area contributed by atoms with E-state index in [1.165, 1.54) is 0 Å². The van der Waals surface area contributed by atoms with Gasteiger partial charge in [0.25, 0.3) is 0 Å². The second-order valence-electron chi connectivity index (χ2n) is 5.85. The first kappa shape index (κ1) is 19.2. The van der Waals surface area contributed by atoms with E-state index in [2.05, 4.69) is 25.7 Å². The SMILES string of the molecule is COc1ccc(CNC(=O)NCCn2ccc(-c3cnccn3)n2)cc1OC. The molecule has 0 aliphatic carbocycles. The van der Waals surface area contributed by atoms with E-state index >= 15 is 0 Å². The van der Waals surface area contributed by atoms with E-state index in [9.17, 15) is 4.79 Å². The van der Waals surface area contributed by atoms with Crippen molar-refractivity contribution in [2.45, 2.75) is 13.1 Å². The maximum Gasteiger partial charge on any atom is 0.315 e. The van der Waals surface area contributed by atoms with Gasteiger partial charge in [-0.3, -0.25) is 14.6 Å². The Balaban J connectivity index is 1.43. The number of amides is 2. The summed E-state index contributed by atoms with van der Waals surface area (Å²) in [5.41, 5.74) is 2.36. The average Bonchev–Trinajstić information content (AvgIpc) is 3.21. The highest BCUT2D eigenvalue weighted by Gasteiger charge is 2.07. The van der Waals surface area contributed by atoms with Gasteiger partial charge in [-0.15, -0.1) is 0 Å². The summed E-state index contributed by atoms with van der Waals surface area (Å²) in [4.78, 5) is 20.2.